The molecule has 4 nitrogen and oxygen atoms in total. The van der Waals surface area contributed by atoms with Crippen LogP contribution in [0.4, 0.5) is 4.79 Å². The standard InChI is InChI=1S/C17H19N3O/c1-20(17(21)19-14-10-11-14)16(13-7-3-2-4-8-13)15-9-5-6-12-18-15/h2-9,12,14,16H,10-11H2,1H3,(H,19,21)/t16-/m0/s1. The molecule has 1 atom stereocenters. The van der Waals surface area contributed by atoms with Crippen LogP contribution in [0.25, 0.3) is 0 Å². The van der Waals surface area contributed by atoms with Crippen molar-refractivity contribution in [2.75, 3.05) is 7.05 Å². The number of benzene rings is 1. The van der Waals surface area contributed by atoms with Crippen LogP contribution in [-0.2, 0) is 0 Å². The number of nitrogens with one attached hydrogen (secondary N) is 1. The van der Waals surface area contributed by atoms with Crippen LogP contribution in [-0.4, -0.2) is 29.0 Å². The molecule has 2 amide bonds. The highest BCUT2D eigenvalue weighted by molar-refractivity contribution is 5.75. The Kier molecular flexibility index (Phi) is 3.86. The largest absolute Gasteiger partial charge is 0.335 e. The van der Waals surface area contributed by atoms with E-state index >= 15 is 0 Å². The Morgan fingerprint density at radius 2 is 1.90 bits per heavy atom. The van der Waals surface area contributed by atoms with Crippen molar-refractivity contribution in [3.63, 3.8) is 0 Å². The number of carbonyl (C=O) groups excluding carboxylic acids is 1. The van der Waals surface area contributed by atoms with Gasteiger partial charge in [-0.1, -0.05) is 36.4 Å². The van der Waals surface area contributed by atoms with Crippen molar-refractivity contribution >= 4 is 6.03 Å². The molecule has 1 aromatic heterocycles. The van der Waals surface area contributed by atoms with Gasteiger partial charge in [0.25, 0.3) is 0 Å². The Balaban J connectivity index is 1.90. The fourth-order valence-electron chi connectivity index (χ4n) is 2.39. The zero-order valence-electron chi connectivity index (χ0n) is 12.1. The van der Waals surface area contributed by atoms with E-state index in [2.05, 4.69) is 10.3 Å². The fraction of sp³-hybridized carbons (Fsp3) is 0.294. The highest BCUT2D eigenvalue weighted by atomic mass is 16.2. The molecule has 1 aliphatic rings. The highest BCUT2D eigenvalue weighted by Gasteiger charge is 2.29. The molecule has 0 unspecified atom stereocenters. The number of pyridine rings is 1. The molecule has 2 aromatic rings. The van der Waals surface area contributed by atoms with E-state index in [0.29, 0.717) is 6.04 Å². The number of urea groups is 1. The molecule has 1 aliphatic carbocycles. The van der Waals surface area contributed by atoms with Crippen molar-refractivity contribution < 1.29 is 4.79 Å². The normalized spacial score (nSPS) is 15.3. The summed E-state index contributed by atoms with van der Waals surface area (Å²) in [5, 5.41) is 3.03. The third kappa shape index (κ3) is 3.21. The Bertz CT molecular complexity index is 556. The number of rotatable bonds is 4. The van der Waals surface area contributed by atoms with Gasteiger partial charge in [-0.2, -0.15) is 0 Å². The molecular formula is C17H19N3O. The number of nitrogens with zero attached hydrogens (tertiary/aromatic N) is 2. The number of hydrogen-bond donors (Lipinski definition) is 1. The van der Waals surface area contributed by atoms with Gasteiger partial charge in [0, 0.05) is 19.3 Å². The Hall–Kier alpha value is -2.36. The molecule has 1 aromatic carbocycles. The summed E-state index contributed by atoms with van der Waals surface area (Å²) in [6.07, 6.45) is 3.93. The molecule has 1 saturated carbocycles. The van der Waals surface area contributed by atoms with Gasteiger partial charge in [-0.25, -0.2) is 4.79 Å². The topological polar surface area (TPSA) is 45.2 Å². The van der Waals surface area contributed by atoms with Crippen LogP contribution in [0, 0.1) is 0 Å². The lowest BCUT2D eigenvalue weighted by molar-refractivity contribution is 0.197. The number of aromatic nitrogens is 1. The Morgan fingerprint density at radius 3 is 2.52 bits per heavy atom. The van der Waals surface area contributed by atoms with Crippen LogP contribution in [0.5, 0.6) is 0 Å². The number of carbonyl (C=O) groups is 1. The van der Waals surface area contributed by atoms with Gasteiger partial charge in [0.2, 0.25) is 0 Å². The summed E-state index contributed by atoms with van der Waals surface area (Å²) in [7, 11) is 1.82. The first kappa shape index (κ1) is 13.6. The monoisotopic (exact) mass is 281 g/mol. The van der Waals surface area contributed by atoms with E-state index in [1.165, 1.54) is 0 Å². The minimum atomic E-state index is -0.175. The maximum atomic E-state index is 12.4. The molecule has 0 radical (unpaired) electrons. The van der Waals surface area contributed by atoms with E-state index in [4.69, 9.17) is 0 Å². The number of amides is 2. The van der Waals surface area contributed by atoms with Gasteiger partial charge >= 0.3 is 6.03 Å². The predicted octanol–water partition coefficient (Wildman–Crippen LogP) is 2.97. The second-order valence-electron chi connectivity index (χ2n) is 5.40. The molecule has 4 heteroatoms. The molecular weight excluding hydrogens is 262 g/mol. The van der Waals surface area contributed by atoms with Crippen LogP contribution in [0.2, 0.25) is 0 Å². The van der Waals surface area contributed by atoms with Crippen LogP contribution in [0.15, 0.2) is 54.7 Å². The van der Waals surface area contributed by atoms with Gasteiger partial charge in [-0.3, -0.25) is 4.98 Å². The van der Waals surface area contributed by atoms with E-state index in [0.717, 1.165) is 24.1 Å². The average molecular weight is 281 g/mol. The van der Waals surface area contributed by atoms with Crippen molar-refractivity contribution in [3.8, 4) is 0 Å². The maximum Gasteiger partial charge on any atom is 0.318 e. The van der Waals surface area contributed by atoms with Crippen LogP contribution >= 0.6 is 0 Å². The summed E-state index contributed by atoms with van der Waals surface area (Å²) < 4.78 is 0. The highest BCUT2D eigenvalue weighted by Crippen LogP contribution is 2.27. The van der Waals surface area contributed by atoms with Gasteiger partial charge in [0.15, 0.2) is 0 Å². The van der Waals surface area contributed by atoms with E-state index < -0.39 is 0 Å². The Labute approximate surface area is 124 Å². The van der Waals surface area contributed by atoms with Gasteiger partial charge in [-0.05, 0) is 30.5 Å². The third-order valence-corrected chi connectivity index (χ3v) is 3.70. The Morgan fingerprint density at radius 1 is 1.19 bits per heavy atom. The van der Waals surface area contributed by atoms with E-state index in [-0.39, 0.29) is 12.1 Å². The lowest BCUT2D eigenvalue weighted by atomic mass is 10.0. The lowest BCUT2D eigenvalue weighted by Gasteiger charge is -2.28. The van der Waals surface area contributed by atoms with Gasteiger partial charge in [-0.15, -0.1) is 0 Å². The zero-order valence-corrected chi connectivity index (χ0v) is 12.1. The fourth-order valence-corrected chi connectivity index (χ4v) is 2.39. The molecule has 0 spiro atoms. The summed E-state index contributed by atoms with van der Waals surface area (Å²) in [4.78, 5) is 18.5. The predicted molar refractivity (Wildman–Crippen MR) is 81.8 cm³/mol. The maximum absolute atomic E-state index is 12.4. The summed E-state index contributed by atoms with van der Waals surface area (Å²) in [5.74, 6) is 0. The summed E-state index contributed by atoms with van der Waals surface area (Å²) in [6, 6.07) is 15.9. The van der Waals surface area contributed by atoms with Crippen LogP contribution in [0.1, 0.15) is 30.1 Å². The second kappa shape index (κ2) is 5.95. The average Bonchev–Trinajstić information content (AvgIpc) is 3.33. The lowest BCUT2D eigenvalue weighted by Crippen LogP contribution is -2.41. The van der Waals surface area contributed by atoms with E-state index in [9.17, 15) is 4.79 Å². The van der Waals surface area contributed by atoms with Crippen molar-refractivity contribution in [1.82, 2.24) is 15.2 Å². The van der Waals surface area contributed by atoms with E-state index in [1.54, 1.807) is 11.1 Å². The first-order chi connectivity index (χ1) is 10.3. The molecule has 108 valence electrons. The van der Waals surface area contributed by atoms with Crippen molar-refractivity contribution in [2.45, 2.75) is 24.9 Å². The zero-order chi connectivity index (χ0) is 14.7. The van der Waals surface area contributed by atoms with Crippen LogP contribution in [0.3, 0.4) is 0 Å². The van der Waals surface area contributed by atoms with Gasteiger partial charge in [0.1, 0.15) is 6.04 Å². The second-order valence-corrected chi connectivity index (χ2v) is 5.40. The van der Waals surface area contributed by atoms with Gasteiger partial charge in [0.05, 0.1) is 5.69 Å². The minimum Gasteiger partial charge on any atom is -0.335 e. The summed E-state index contributed by atoms with van der Waals surface area (Å²) in [5.41, 5.74) is 1.93. The molecule has 21 heavy (non-hydrogen) atoms. The first-order valence-corrected chi connectivity index (χ1v) is 7.25. The molecule has 1 heterocycles. The summed E-state index contributed by atoms with van der Waals surface area (Å²) in [6.45, 7) is 0. The van der Waals surface area contributed by atoms with Crippen molar-refractivity contribution in [2.24, 2.45) is 0 Å². The van der Waals surface area contributed by atoms with Crippen molar-refractivity contribution in [3.05, 3.63) is 66.0 Å². The van der Waals surface area contributed by atoms with Crippen molar-refractivity contribution in [1.29, 1.82) is 0 Å². The minimum absolute atomic E-state index is 0.0444. The summed E-state index contributed by atoms with van der Waals surface area (Å²) >= 11 is 0. The molecule has 0 aliphatic heterocycles. The smallest absolute Gasteiger partial charge is 0.318 e. The molecule has 0 bridgehead atoms. The molecule has 1 N–H and O–H groups in total. The quantitative estimate of drug-likeness (QED) is 0.936. The van der Waals surface area contributed by atoms with Crippen LogP contribution < -0.4 is 5.32 Å². The van der Waals surface area contributed by atoms with Gasteiger partial charge < -0.3 is 10.2 Å². The SMILES string of the molecule is CN(C(=O)NC1CC1)[C@@H](c1ccccc1)c1ccccn1. The molecule has 0 saturated heterocycles. The molecule has 3 rings (SSSR count). The molecule has 1 fully saturated rings. The first-order valence-electron chi connectivity index (χ1n) is 7.25. The number of hydrogen-bond acceptors (Lipinski definition) is 2. The van der Waals surface area contributed by atoms with E-state index in [1.807, 2.05) is 55.6 Å². The third-order valence-electron chi connectivity index (χ3n) is 3.70.